The van der Waals surface area contributed by atoms with Crippen LogP contribution in [-0.4, -0.2) is 87.5 Å². The second-order valence-electron chi connectivity index (χ2n) is 18.0. The quantitative estimate of drug-likeness (QED) is 0.0262. The van der Waals surface area contributed by atoms with Gasteiger partial charge in [-0.05, 0) is 51.4 Å². The van der Waals surface area contributed by atoms with Crippen LogP contribution >= 0.6 is 0 Å². The van der Waals surface area contributed by atoms with E-state index in [1.807, 2.05) is 0 Å². The van der Waals surface area contributed by atoms with Crippen molar-refractivity contribution in [2.75, 3.05) is 13.2 Å². The van der Waals surface area contributed by atoms with Crippen molar-refractivity contribution in [3.8, 4) is 0 Å². The molecule has 1 amide bonds. The van der Waals surface area contributed by atoms with E-state index in [9.17, 15) is 30.3 Å². The van der Waals surface area contributed by atoms with E-state index in [4.69, 9.17) is 9.47 Å². The first kappa shape index (κ1) is 57.4. The molecule has 1 saturated heterocycles. The van der Waals surface area contributed by atoms with Gasteiger partial charge >= 0.3 is 0 Å². The molecule has 9 nitrogen and oxygen atoms in total. The topological polar surface area (TPSA) is 149 Å². The van der Waals surface area contributed by atoms with Crippen LogP contribution < -0.4 is 5.32 Å². The maximum absolute atomic E-state index is 12.8. The summed E-state index contributed by atoms with van der Waals surface area (Å²) in [6.45, 7) is 3.66. The molecule has 0 saturated carbocycles. The molecule has 0 aliphatic carbocycles. The third kappa shape index (κ3) is 32.7. The standard InChI is InChI=1S/C52H97NO8/c1-3-5-7-8-9-10-11-12-13-14-15-16-17-18-19-20-21-22-23-24-25-26-27-28-29-30-31-32-33-34-35-36-37-38-40-42-48(56)53-45(46(55)41-39-6-4-2)44-60-52-51(59)50(58)49(57)47(43-54)61-52/h11-12,14-15,17-18,45-47,49-52,54-55,57-59H,3-10,13,16,19-44H2,1-2H3,(H,53,56)/b12-11-,15-14-,18-17-. The third-order valence-electron chi connectivity index (χ3n) is 12.2. The first-order valence-electron chi connectivity index (χ1n) is 25.7. The average Bonchev–Trinajstić information content (AvgIpc) is 3.26. The Morgan fingerprint density at radius 1 is 0.557 bits per heavy atom. The molecule has 358 valence electrons. The van der Waals surface area contributed by atoms with Crippen LogP contribution in [0.5, 0.6) is 0 Å². The van der Waals surface area contributed by atoms with E-state index in [2.05, 4.69) is 55.6 Å². The number of hydrogen-bond acceptors (Lipinski definition) is 8. The molecule has 9 heteroatoms. The number of hydrogen-bond donors (Lipinski definition) is 6. The normalized spacial score (nSPS) is 20.7. The Balaban J connectivity index is 1.94. The lowest BCUT2D eigenvalue weighted by molar-refractivity contribution is -0.302. The minimum atomic E-state index is -1.55. The maximum Gasteiger partial charge on any atom is 0.220 e. The molecule has 0 radical (unpaired) electrons. The molecule has 1 fully saturated rings. The van der Waals surface area contributed by atoms with Gasteiger partial charge < -0.3 is 40.3 Å². The van der Waals surface area contributed by atoms with Crippen molar-refractivity contribution < 1.29 is 39.8 Å². The van der Waals surface area contributed by atoms with Gasteiger partial charge in [0, 0.05) is 6.42 Å². The van der Waals surface area contributed by atoms with Crippen LogP contribution in [-0.2, 0) is 14.3 Å². The summed E-state index contributed by atoms with van der Waals surface area (Å²) < 4.78 is 11.1. The molecule has 1 aliphatic heterocycles. The molecular weight excluding hydrogens is 767 g/mol. The highest BCUT2D eigenvalue weighted by Gasteiger charge is 2.44. The summed E-state index contributed by atoms with van der Waals surface area (Å²) in [7, 11) is 0. The van der Waals surface area contributed by atoms with Crippen LogP contribution in [0.1, 0.15) is 232 Å². The molecule has 7 atom stereocenters. The first-order chi connectivity index (χ1) is 29.8. The monoisotopic (exact) mass is 864 g/mol. The van der Waals surface area contributed by atoms with Gasteiger partial charge in [-0.25, -0.2) is 0 Å². The van der Waals surface area contributed by atoms with Gasteiger partial charge in [-0.1, -0.05) is 211 Å². The van der Waals surface area contributed by atoms with Gasteiger partial charge in [0.15, 0.2) is 6.29 Å². The first-order valence-corrected chi connectivity index (χ1v) is 25.7. The average molecular weight is 864 g/mol. The molecule has 1 heterocycles. The van der Waals surface area contributed by atoms with Crippen LogP contribution in [0.15, 0.2) is 36.5 Å². The van der Waals surface area contributed by atoms with E-state index in [1.165, 1.54) is 154 Å². The second-order valence-corrected chi connectivity index (χ2v) is 18.0. The lowest BCUT2D eigenvalue weighted by Gasteiger charge is -2.40. The van der Waals surface area contributed by atoms with Crippen LogP contribution in [0, 0.1) is 0 Å². The van der Waals surface area contributed by atoms with Crippen LogP contribution in [0.4, 0.5) is 0 Å². The van der Waals surface area contributed by atoms with Crippen molar-refractivity contribution in [1.82, 2.24) is 5.32 Å². The third-order valence-corrected chi connectivity index (χ3v) is 12.2. The Labute approximate surface area is 374 Å². The van der Waals surface area contributed by atoms with Gasteiger partial charge in [-0.2, -0.15) is 0 Å². The highest BCUT2D eigenvalue weighted by Crippen LogP contribution is 2.23. The minimum absolute atomic E-state index is 0.141. The number of ether oxygens (including phenoxy) is 2. The molecule has 0 spiro atoms. The summed E-state index contributed by atoms with van der Waals surface area (Å²) in [6, 6.07) is -0.712. The van der Waals surface area contributed by atoms with Crippen molar-refractivity contribution in [3.63, 3.8) is 0 Å². The zero-order valence-electron chi connectivity index (χ0n) is 39.4. The summed E-state index contributed by atoms with van der Waals surface area (Å²) in [5.41, 5.74) is 0. The van der Waals surface area contributed by atoms with Crippen molar-refractivity contribution in [2.45, 2.75) is 275 Å². The Hall–Kier alpha value is -1.59. The predicted molar refractivity (Wildman–Crippen MR) is 253 cm³/mol. The molecule has 0 aromatic carbocycles. The summed E-state index contributed by atoms with van der Waals surface area (Å²) in [4.78, 5) is 12.8. The Bertz CT molecular complexity index is 1050. The van der Waals surface area contributed by atoms with E-state index in [1.54, 1.807) is 0 Å². The Kier molecular flexibility index (Phi) is 39.9. The lowest BCUT2D eigenvalue weighted by atomic mass is 9.99. The van der Waals surface area contributed by atoms with Crippen molar-refractivity contribution in [2.24, 2.45) is 0 Å². The SMILES string of the molecule is CCCCCCC/C=C\C/C=C\C/C=C\CCCCCCCCCCCCCCCCCCCCCCC(=O)NC(COC1OC(CO)C(O)C(O)C1O)C(O)CCCCC. The zero-order chi connectivity index (χ0) is 44.4. The van der Waals surface area contributed by atoms with E-state index >= 15 is 0 Å². The zero-order valence-corrected chi connectivity index (χ0v) is 39.4. The lowest BCUT2D eigenvalue weighted by Crippen LogP contribution is -2.60. The number of allylic oxidation sites excluding steroid dienone is 6. The molecule has 0 aromatic heterocycles. The second kappa shape index (κ2) is 42.4. The van der Waals surface area contributed by atoms with Crippen LogP contribution in [0.2, 0.25) is 0 Å². The molecule has 1 aliphatic rings. The number of aliphatic hydroxyl groups excluding tert-OH is 5. The van der Waals surface area contributed by atoms with Crippen molar-refractivity contribution in [1.29, 1.82) is 0 Å². The molecule has 7 unspecified atom stereocenters. The van der Waals surface area contributed by atoms with E-state index in [0.717, 1.165) is 51.4 Å². The highest BCUT2D eigenvalue weighted by atomic mass is 16.7. The van der Waals surface area contributed by atoms with Crippen molar-refractivity contribution >= 4 is 5.91 Å². The number of carbonyl (C=O) groups excluding carboxylic acids is 1. The molecule has 1 rings (SSSR count). The van der Waals surface area contributed by atoms with E-state index in [0.29, 0.717) is 12.8 Å². The van der Waals surface area contributed by atoms with Crippen molar-refractivity contribution in [3.05, 3.63) is 36.5 Å². The number of amides is 1. The minimum Gasteiger partial charge on any atom is -0.394 e. The fraction of sp³-hybridized carbons (Fsp3) is 0.865. The van der Waals surface area contributed by atoms with Crippen LogP contribution in [0.3, 0.4) is 0 Å². The fourth-order valence-electron chi connectivity index (χ4n) is 8.11. The van der Waals surface area contributed by atoms with Gasteiger partial charge in [0.2, 0.25) is 5.91 Å². The number of carbonyl (C=O) groups is 1. The summed E-state index contributed by atoms with van der Waals surface area (Å²) in [5, 5.41) is 53.6. The highest BCUT2D eigenvalue weighted by molar-refractivity contribution is 5.76. The predicted octanol–water partition coefficient (Wildman–Crippen LogP) is 11.6. The number of aliphatic hydroxyl groups is 5. The van der Waals surface area contributed by atoms with E-state index in [-0.39, 0.29) is 12.5 Å². The molecule has 6 N–H and O–H groups in total. The van der Waals surface area contributed by atoms with Gasteiger partial charge in [-0.15, -0.1) is 0 Å². The Morgan fingerprint density at radius 3 is 1.43 bits per heavy atom. The van der Waals surface area contributed by atoms with Gasteiger partial charge in [0.05, 0.1) is 25.4 Å². The maximum atomic E-state index is 12.8. The number of nitrogens with one attached hydrogen (secondary N) is 1. The molecular formula is C52H97NO8. The molecule has 0 aromatic rings. The Morgan fingerprint density at radius 2 is 0.967 bits per heavy atom. The van der Waals surface area contributed by atoms with Gasteiger partial charge in [0.1, 0.15) is 24.4 Å². The van der Waals surface area contributed by atoms with Gasteiger partial charge in [-0.3, -0.25) is 4.79 Å². The largest absolute Gasteiger partial charge is 0.394 e. The smallest absolute Gasteiger partial charge is 0.220 e. The van der Waals surface area contributed by atoms with Crippen LogP contribution in [0.25, 0.3) is 0 Å². The summed E-state index contributed by atoms with van der Waals surface area (Å²) in [5.74, 6) is -0.154. The van der Waals surface area contributed by atoms with E-state index < -0.39 is 49.5 Å². The summed E-state index contributed by atoms with van der Waals surface area (Å²) in [6.07, 6.45) is 47.2. The molecule has 0 bridgehead atoms. The van der Waals surface area contributed by atoms with Gasteiger partial charge in [0.25, 0.3) is 0 Å². The number of unbranched alkanes of at least 4 members (excludes halogenated alkanes) is 27. The summed E-state index contributed by atoms with van der Waals surface area (Å²) >= 11 is 0. The number of rotatable bonds is 43. The fourth-order valence-corrected chi connectivity index (χ4v) is 8.11. The molecule has 61 heavy (non-hydrogen) atoms.